The van der Waals surface area contributed by atoms with Crippen LogP contribution in [0.5, 0.6) is 0 Å². The molecule has 0 aromatic rings. The third-order valence-electron chi connectivity index (χ3n) is 2.62. The van der Waals surface area contributed by atoms with E-state index in [0.717, 1.165) is 6.61 Å². The Bertz CT molecular complexity index is 150. The summed E-state index contributed by atoms with van der Waals surface area (Å²) >= 11 is 0. The molecule has 0 amide bonds. The number of hydrogen-bond donors (Lipinski definition) is 1. The summed E-state index contributed by atoms with van der Waals surface area (Å²) in [4.78, 5) is 7.85. The summed E-state index contributed by atoms with van der Waals surface area (Å²) in [5.74, 6) is 0.607. The van der Waals surface area contributed by atoms with Gasteiger partial charge < -0.3 is 9.74 Å². The van der Waals surface area contributed by atoms with Crippen molar-refractivity contribution in [1.82, 2.24) is 10.4 Å². The van der Waals surface area contributed by atoms with E-state index < -0.39 is 0 Å². The van der Waals surface area contributed by atoms with Crippen LogP contribution in [0.15, 0.2) is 0 Å². The maximum atomic E-state index is 5.46. The zero-order chi connectivity index (χ0) is 10.4. The monoisotopic (exact) mass is 200 g/mol. The Morgan fingerprint density at radius 1 is 1.36 bits per heavy atom. The van der Waals surface area contributed by atoms with Gasteiger partial charge in [0.2, 0.25) is 0 Å². The van der Waals surface area contributed by atoms with Crippen LogP contribution in [-0.2, 0) is 4.84 Å². The van der Waals surface area contributed by atoms with Crippen LogP contribution in [0.3, 0.4) is 0 Å². The SMILES string of the molecule is CC(C)CONC1CCCN(C)CC1. The maximum absolute atomic E-state index is 5.46. The quantitative estimate of drug-likeness (QED) is 0.698. The van der Waals surface area contributed by atoms with E-state index in [2.05, 4.69) is 31.3 Å². The van der Waals surface area contributed by atoms with Gasteiger partial charge in [0.1, 0.15) is 0 Å². The second-order valence-corrected chi connectivity index (χ2v) is 4.75. The van der Waals surface area contributed by atoms with Crippen LogP contribution in [0.2, 0.25) is 0 Å². The normalized spacial score (nSPS) is 25.3. The van der Waals surface area contributed by atoms with Gasteiger partial charge in [0.15, 0.2) is 0 Å². The van der Waals surface area contributed by atoms with Crippen LogP contribution in [0, 0.1) is 5.92 Å². The second-order valence-electron chi connectivity index (χ2n) is 4.75. The summed E-state index contributed by atoms with van der Waals surface area (Å²) in [5.41, 5.74) is 3.19. The van der Waals surface area contributed by atoms with Gasteiger partial charge in [0, 0.05) is 6.04 Å². The molecule has 1 unspecified atom stereocenters. The van der Waals surface area contributed by atoms with Crippen LogP contribution >= 0.6 is 0 Å². The van der Waals surface area contributed by atoms with Gasteiger partial charge in [-0.2, -0.15) is 5.48 Å². The van der Waals surface area contributed by atoms with Gasteiger partial charge in [0.25, 0.3) is 0 Å². The molecule has 0 aromatic heterocycles. The lowest BCUT2D eigenvalue weighted by molar-refractivity contribution is -0.00197. The Morgan fingerprint density at radius 2 is 2.14 bits per heavy atom. The van der Waals surface area contributed by atoms with Crippen molar-refractivity contribution in [3.05, 3.63) is 0 Å². The molecule has 1 heterocycles. The number of hydroxylamine groups is 1. The van der Waals surface area contributed by atoms with Crippen LogP contribution in [0.4, 0.5) is 0 Å². The van der Waals surface area contributed by atoms with E-state index in [0.29, 0.717) is 12.0 Å². The van der Waals surface area contributed by atoms with Gasteiger partial charge in [-0.15, -0.1) is 0 Å². The Hall–Kier alpha value is -0.120. The van der Waals surface area contributed by atoms with Gasteiger partial charge in [0.05, 0.1) is 6.61 Å². The minimum atomic E-state index is 0.554. The van der Waals surface area contributed by atoms with Crippen molar-refractivity contribution in [1.29, 1.82) is 0 Å². The van der Waals surface area contributed by atoms with E-state index in [1.54, 1.807) is 0 Å². The lowest BCUT2D eigenvalue weighted by atomic mass is 10.1. The molecule has 0 bridgehead atoms. The Morgan fingerprint density at radius 3 is 2.86 bits per heavy atom. The van der Waals surface area contributed by atoms with Gasteiger partial charge >= 0.3 is 0 Å². The van der Waals surface area contributed by atoms with Gasteiger partial charge in [-0.05, 0) is 45.3 Å². The first-order chi connectivity index (χ1) is 6.68. The highest BCUT2D eigenvalue weighted by Gasteiger charge is 2.14. The summed E-state index contributed by atoms with van der Waals surface area (Å²) in [6, 6.07) is 0.554. The average molecular weight is 200 g/mol. The summed E-state index contributed by atoms with van der Waals surface area (Å²) in [6.45, 7) is 7.56. The molecule has 1 atom stereocenters. The molecular weight excluding hydrogens is 176 g/mol. The fourth-order valence-corrected chi connectivity index (χ4v) is 1.69. The molecule has 1 fully saturated rings. The molecule has 14 heavy (non-hydrogen) atoms. The third kappa shape index (κ3) is 4.94. The van der Waals surface area contributed by atoms with Gasteiger partial charge in [-0.1, -0.05) is 13.8 Å². The van der Waals surface area contributed by atoms with Crippen LogP contribution < -0.4 is 5.48 Å². The first-order valence-electron chi connectivity index (χ1n) is 5.74. The number of nitrogens with zero attached hydrogens (tertiary/aromatic N) is 1. The molecule has 1 aliphatic heterocycles. The predicted octanol–water partition coefficient (Wildman–Crippen LogP) is 1.65. The van der Waals surface area contributed by atoms with E-state index in [9.17, 15) is 0 Å². The Kier molecular flexibility index (Phi) is 5.45. The molecule has 1 saturated heterocycles. The molecule has 84 valence electrons. The molecule has 1 rings (SSSR count). The van der Waals surface area contributed by atoms with Crippen LogP contribution in [0.1, 0.15) is 33.1 Å². The molecule has 1 aliphatic rings. The highest BCUT2D eigenvalue weighted by atomic mass is 16.6. The largest absolute Gasteiger partial charge is 0.306 e. The number of likely N-dealkylation sites (tertiary alicyclic amines) is 1. The summed E-state index contributed by atoms with van der Waals surface area (Å²) in [7, 11) is 2.19. The Balaban J connectivity index is 2.11. The first kappa shape index (κ1) is 12.0. The molecule has 3 nitrogen and oxygen atoms in total. The summed E-state index contributed by atoms with van der Waals surface area (Å²) < 4.78 is 0. The summed E-state index contributed by atoms with van der Waals surface area (Å²) in [6.07, 6.45) is 3.72. The van der Waals surface area contributed by atoms with Crippen molar-refractivity contribution in [3.8, 4) is 0 Å². The molecular formula is C11H24N2O. The minimum absolute atomic E-state index is 0.554. The van der Waals surface area contributed by atoms with E-state index in [4.69, 9.17) is 4.84 Å². The number of hydrogen-bond acceptors (Lipinski definition) is 3. The zero-order valence-electron chi connectivity index (χ0n) is 9.75. The van der Waals surface area contributed by atoms with Crippen molar-refractivity contribution < 1.29 is 4.84 Å². The van der Waals surface area contributed by atoms with Crippen molar-refractivity contribution in [3.63, 3.8) is 0 Å². The second kappa shape index (κ2) is 6.38. The van der Waals surface area contributed by atoms with Crippen LogP contribution in [0.25, 0.3) is 0 Å². The van der Waals surface area contributed by atoms with Crippen LogP contribution in [-0.4, -0.2) is 37.7 Å². The molecule has 3 heteroatoms. The standard InChI is InChI=1S/C11H24N2O/c1-10(2)9-14-12-11-5-4-7-13(3)8-6-11/h10-12H,4-9H2,1-3H3. The topological polar surface area (TPSA) is 24.5 Å². The molecule has 1 N–H and O–H groups in total. The molecule has 0 radical (unpaired) electrons. The predicted molar refractivity (Wildman–Crippen MR) is 59.1 cm³/mol. The number of nitrogens with one attached hydrogen (secondary N) is 1. The summed E-state index contributed by atoms with van der Waals surface area (Å²) in [5, 5.41) is 0. The van der Waals surface area contributed by atoms with E-state index in [-0.39, 0.29) is 0 Å². The maximum Gasteiger partial charge on any atom is 0.0705 e. The fraction of sp³-hybridized carbons (Fsp3) is 1.00. The average Bonchev–Trinajstić information content (AvgIpc) is 2.30. The van der Waals surface area contributed by atoms with E-state index >= 15 is 0 Å². The molecule has 0 aliphatic carbocycles. The first-order valence-corrected chi connectivity index (χ1v) is 5.74. The van der Waals surface area contributed by atoms with E-state index in [1.165, 1.54) is 32.4 Å². The van der Waals surface area contributed by atoms with Crippen molar-refractivity contribution in [2.75, 3.05) is 26.7 Å². The minimum Gasteiger partial charge on any atom is -0.306 e. The van der Waals surface area contributed by atoms with Gasteiger partial charge in [-0.3, -0.25) is 0 Å². The molecule has 0 saturated carbocycles. The molecule has 0 spiro atoms. The van der Waals surface area contributed by atoms with Crippen molar-refractivity contribution in [2.45, 2.75) is 39.2 Å². The highest BCUT2D eigenvalue weighted by Crippen LogP contribution is 2.09. The lowest BCUT2D eigenvalue weighted by Crippen LogP contribution is -2.31. The van der Waals surface area contributed by atoms with Crippen molar-refractivity contribution in [2.24, 2.45) is 5.92 Å². The highest BCUT2D eigenvalue weighted by molar-refractivity contribution is 4.70. The third-order valence-corrected chi connectivity index (χ3v) is 2.62. The number of rotatable bonds is 4. The Labute approximate surface area is 87.8 Å². The smallest absolute Gasteiger partial charge is 0.0705 e. The van der Waals surface area contributed by atoms with Gasteiger partial charge in [-0.25, -0.2) is 0 Å². The lowest BCUT2D eigenvalue weighted by Gasteiger charge is -2.17. The molecule has 0 aromatic carbocycles. The van der Waals surface area contributed by atoms with Crippen molar-refractivity contribution >= 4 is 0 Å². The fourth-order valence-electron chi connectivity index (χ4n) is 1.69. The zero-order valence-corrected chi connectivity index (χ0v) is 9.75. The van der Waals surface area contributed by atoms with E-state index in [1.807, 2.05) is 0 Å².